The van der Waals surface area contributed by atoms with Crippen molar-refractivity contribution in [1.29, 1.82) is 0 Å². The van der Waals surface area contributed by atoms with Crippen molar-refractivity contribution in [1.82, 2.24) is 4.57 Å². The lowest BCUT2D eigenvalue weighted by molar-refractivity contribution is 0.275. The third kappa shape index (κ3) is 2.49. The van der Waals surface area contributed by atoms with Crippen LogP contribution in [0.4, 0.5) is 0 Å². The summed E-state index contributed by atoms with van der Waals surface area (Å²) in [5.41, 5.74) is 5.48. The molecule has 2 nitrogen and oxygen atoms in total. The Hall–Kier alpha value is -1.32. The molecule has 0 N–H and O–H groups in total. The molecule has 0 aliphatic carbocycles. The average Bonchev–Trinajstić information content (AvgIpc) is 2.94. The smallest absolute Gasteiger partial charge is 0.192 e. The average molecular weight is 299 g/mol. The minimum atomic E-state index is -1.68. The third-order valence-corrected chi connectivity index (χ3v) is 9.57. The molecular weight excluding hydrogens is 274 g/mol. The highest BCUT2D eigenvalue weighted by atomic mass is 28.4. The van der Waals surface area contributed by atoms with Crippen LogP contribution < -0.4 is 0 Å². The molecule has 1 aliphatic rings. The van der Waals surface area contributed by atoms with Crippen molar-refractivity contribution in [2.45, 2.75) is 51.9 Å². The number of aromatic nitrogens is 1. The Morgan fingerprint density at radius 2 is 1.86 bits per heavy atom. The Balaban J connectivity index is 1.80. The van der Waals surface area contributed by atoms with Gasteiger partial charge in [0.2, 0.25) is 0 Å². The van der Waals surface area contributed by atoms with Crippen molar-refractivity contribution in [2.24, 2.45) is 0 Å². The van der Waals surface area contributed by atoms with Gasteiger partial charge in [-0.25, -0.2) is 0 Å². The summed E-state index contributed by atoms with van der Waals surface area (Å²) < 4.78 is 8.71. The monoisotopic (exact) mass is 299 g/mol. The van der Waals surface area contributed by atoms with Gasteiger partial charge < -0.3 is 8.99 Å². The molecule has 0 spiro atoms. The molecule has 0 bridgehead atoms. The number of hydrogen-bond acceptors (Lipinski definition) is 1. The molecule has 2 heterocycles. The maximum atomic E-state index is 6.39. The molecule has 0 atom stereocenters. The van der Waals surface area contributed by atoms with Crippen molar-refractivity contribution >= 4 is 8.32 Å². The summed E-state index contributed by atoms with van der Waals surface area (Å²) in [6.07, 6.45) is 3.21. The summed E-state index contributed by atoms with van der Waals surface area (Å²) in [5, 5.41) is 0.263. The number of para-hydroxylation sites is 1. The highest BCUT2D eigenvalue weighted by molar-refractivity contribution is 6.74. The van der Waals surface area contributed by atoms with E-state index in [2.05, 4.69) is 75.0 Å². The van der Waals surface area contributed by atoms with Gasteiger partial charge in [-0.05, 0) is 41.4 Å². The maximum Gasteiger partial charge on any atom is 0.192 e. The van der Waals surface area contributed by atoms with Crippen LogP contribution in [0.3, 0.4) is 0 Å². The normalized spacial score (nSPS) is 14.1. The summed E-state index contributed by atoms with van der Waals surface area (Å²) in [6, 6.07) is 10.9. The first-order valence-electron chi connectivity index (χ1n) is 7.71. The summed E-state index contributed by atoms with van der Waals surface area (Å²) in [6.45, 7) is 12.3. The van der Waals surface area contributed by atoms with Gasteiger partial charge in [0.15, 0.2) is 8.32 Å². The van der Waals surface area contributed by atoms with E-state index in [1.54, 1.807) is 0 Å². The fourth-order valence-corrected chi connectivity index (χ4v) is 3.56. The zero-order chi connectivity index (χ0) is 15.3. The Morgan fingerprint density at radius 3 is 2.57 bits per heavy atom. The van der Waals surface area contributed by atoms with Gasteiger partial charge in [0.25, 0.3) is 0 Å². The van der Waals surface area contributed by atoms with Crippen molar-refractivity contribution in [3.63, 3.8) is 0 Å². The van der Waals surface area contributed by atoms with Gasteiger partial charge in [0.1, 0.15) is 0 Å². The van der Waals surface area contributed by atoms with Crippen molar-refractivity contribution < 1.29 is 4.43 Å². The second kappa shape index (κ2) is 4.85. The van der Waals surface area contributed by atoms with Crippen LogP contribution in [0.2, 0.25) is 18.1 Å². The number of rotatable bonds is 3. The Labute approximate surface area is 128 Å². The SMILES string of the molecule is CC(C)(C)[Si](C)(C)OCc1ccn2c1Cc1ccccc1-2. The third-order valence-electron chi connectivity index (χ3n) is 5.09. The van der Waals surface area contributed by atoms with Crippen LogP contribution in [0.25, 0.3) is 5.69 Å². The van der Waals surface area contributed by atoms with Crippen LogP contribution >= 0.6 is 0 Å². The van der Waals surface area contributed by atoms with Gasteiger partial charge in [0.05, 0.1) is 6.61 Å². The van der Waals surface area contributed by atoms with Crippen LogP contribution in [0, 0.1) is 0 Å². The Kier molecular flexibility index (Phi) is 3.38. The maximum absolute atomic E-state index is 6.39. The molecule has 3 heteroatoms. The second-order valence-corrected chi connectivity index (χ2v) is 12.3. The standard InChI is InChI=1S/C18H25NOSi/c1-18(2,3)21(4,5)20-13-15-10-11-19-16-9-7-6-8-14(16)12-17(15)19/h6-11H,12-13H2,1-5H3. The summed E-state index contributed by atoms with van der Waals surface area (Å²) >= 11 is 0. The summed E-state index contributed by atoms with van der Waals surface area (Å²) in [7, 11) is -1.68. The van der Waals surface area contributed by atoms with Crippen molar-refractivity contribution in [3.8, 4) is 5.69 Å². The highest BCUT2D eigenvalue weighted by Crippen LogP contribution is 2.38. The van der Waals surface area contributed by atoms with Crippen molar-refractivity contribution in [2.75, 3.05) is 0 Å². The minimum absolute atomic E-state index is 0.263. The van der Waals surface area contributed by atoms with E-state index < -0.39 is 8.32 Å². The first-order valence-corrected chi connectivity index (χ1v) is 10.6. The fourth-order valence-electron chi connectivity index (χ4n) is 2.61. The van der Waals surface area contributed by atoms with E-state index in [9.17, 15) is 0 Å². The molecule has 3 rings (SSSR count). The first kappa shape index (κ1) is 14.6. The predicted molar refractivity (Wildman–Crippen MR) is 90.6 cm³/mol. The van der Waals surface area contributed by atoms with E-state index in [0.29, 0.717) is 0 Å². The quantitative estimate of drug-likeness (QED) is 0.627. The van der Waals surface area contributed by atoms with E-state index in [-0.39, 0.29) is 5.04 Å². The van der Waals surface area contributed by atoms with E-state index in [4.69, 9.17) is 4.43 Å². The molecule has 0 unspecified atom stereocenters. The molecule has 0 amide bonds. The lowest BCUT2D eigenvalue weighted by atomic mass is 10.1. The lowest BCUT2D eigenvalue weighted by Gasteiger charge is -2.36. The number of nitrogens with zero attached hydrogens (tertiary/aromatic N) is 1. The number of benzene rings is 1. The molecule has 1 aliphatic heterocycles. The lowest BCUT2D eigenvalue weighted by Crippen LogP contribution is -2.40. The molecule has 1 aromatic carbocycles. The van der Waals surface area contributed by atoms with Gasteiger partial charge in [-0.3, -0.25) is 0 Å². The highest BCUT2D eigenvalue weighted by Gasteiger charge is 2.37. The Bertz CT molecular complexity index is 664. The zero-order valence-electron chi connectivity index (χ0n) is 13.7. The van der Waals surface area contributed by atoms with Crippen molar-refractivity contribution in [3.05, 3.63) is 53.3 Å². The molecule has 1 aromatic heterocycles. The van der Waals surface area contributed by atoms with Crippen LogP contribution in [0.15, 0.2) is 36.5 Å². The largest absolute Gasteiger partial charge is 0.412 e. The summed E-state index contributed by atoms with van der Waals surface area (Å²) in [4.78, 5) is 0. The van der Waals surface area contributed by atoms with E-state index in [0.717, 1.165) is 13.0 Å². The van der Waals surface area contributed by atoms with Gasteiger partial charge in [0, 0.05) is 24.0 Å². The molecule has 0 radical (unpaired) electrons. The molecule has 21 heavy (non-hydrogen) atoms. The van der Waals surface area contributed by atoms with Crippen LogP contribution in [0.5, 0.6) is 0 Å². The minimum Gasteiger partial charge on any atom is -0.412 e. The fraction of sp³-hybridized carbons (Fsp3) is 0.444. The van der Waals surface area contributed by atoms with E-state index in [1.165, 1.54) is 22.5 Å². The number of fused-ring (bicyclic) bond motifs is 3. The van der Waals surface area contributed by atoms with Gasteiger partial charge in [-0.15, -0.1) is 0 Å². The predicted octanol–water partition coefficient (Wildman–Crippen LogP) is 4.90. The molecule has 0 fully saturated rings. The first-order chi connectivity index (χ1) is 9.79. The van der Waals surface area contributed by atoms with Crippen LogP contribution in [-0.4, -0.2) is 12.9 Å². The summed E-state index contributed by atoms with van der Waals surface area (Å²) in [5.74, 6) is 0. The Morgan fingerprint density at radius 1 is 1.14 bits per heavy atom. The topological polar surface area (TPSA) is 14.2 Å². The molecule has 0 saturated carbocycles. The zero-order valence-corrected chi connectivity index (χ0v) is 14.7. The molecule has 2 aromatic rings. The second-order valence-electron chi connectivity index (χ2n) is 7.51. The molecule has 112 valence electrons. The van der Waals surface area contributed by atoms with E-state index >= 15 is 0 Å². The van der Waals surface area contributed by atoms with Crippen LogP contribution in [0.1, 0.15) is 37.6 Å². The molecular formula is C18H25NOSi. The van der Waals surface area contributed by atoms with Gasteiger partial charge in [-0.2, -0.15) is 0 Å². The van der Waals surface area contributed by atoms with Gasteiger partial charge >= 0.3 is 0 Å². The number of hydrogen-bond donors (Lipinski definition) is 0. The van der Waals surface area contributed by atoms with Crippen LogP contribution in [-0.2, 0) is 17.5 Å². The van der Waals surface area contributed by atoms with Gasteiger partial charge in [-0.1, -0.05) is 39.0 Å². The molecule has 0 saturated heterocycles. The van der Waals surface area contributed by atoms with E-state index in [1.807, 2.05) is 0 Å².